The number of nitrogens with zero attached hydrogens (tertiary/aromatic N) is 6. The topological polar surface area (TPSA) is 89.0 Å². The Morgan fingerprint density at radius 3 is 2.70 bits per heavy atom. The SMILES string of the molecule is Cc1ccncc1Nc1cnc2ccc(N(COCC[Si](C)(C)C)c3nnc(C4CCCC4)s3)nc2c1. The van der Waals surface area contributed by atoms with Crippen LogP contribution in [0, 0.1) is 6.92 Å². The highest BCUT2D eigenvalue weighted by atomic mass is 32.1. The van der Waals surface area contributed by atoms with Crippen LogP contribution in [-0.4, -0.2) is 46.6 Å². The van der Waals surface area contributed by atoms with Gasteiger partial charge in [-0.2, -0.15) is 0 Å². The van der Waals surface area contributed by atoms with E-state index in [0.717, 1.165) is 56.6 Å². The van der Waals surface area contributed by atoms with Crippen LogP contribution in [0.4, 0.5) is 22.3 Å². The van der Waals surface area contributed by atoms with E-state index in [9.17, 15) is 0 Å². The van der Waals surface area contributed by atoms with Crippen LogP contribution >= 0.6 is 11.3 Å². The predicted molar refractivity (Wildman–Crippen MR) is 154 cm³/mol. The van der Waals surface area contributed by atoms with E-state index in [0.29, 0.717) is 12.6 Å². The third kappa shape index (κ3) is 6.49. The minimum absolute atomic E-state index is 0.391. The molecule has 0 spiro atoms. The molecule has 0 atom stereocenters. The van der Waals surface area contributed by atoms with Gasteiger partial charge < -0.3 is 10.1 Å². The third-order valence-electron chi connectivity index (χ3n) is 6.70. The molecule has 194 valence electrons. The van der Waals surface area contributed by atoms with Crippen LogP contribution in [0.15, 0.2) is 42.9 Å². The molecule has 1 fully saturated rings. The van der Waals surface area contributed by atoms with Gasteiger partial charge in [-0.05, 0) is 55.6 Å². The molecule has 37 heavy (non-hydrogen) atoms. The molecule has 1 aliphatic rings. The summed E-state index contributed by atoms with van der Waals surface area (Å²) in [5.74, 6) is 1.31. The second-order valence-corrected chi connectivity index (χ2v) is 17.5. The van der Waals surface area contributed by atoms with E-state index in [2.05, 4.69) is 52.0 Å². The van der Waals surface area contributed by atoms with Gasteiger partial charge in [0.25, 0.3) is 0 Å². The van der Waals surface area contributed by atoms with Gasteiger partial charge in [0.15, 0.2) is 0 Å². The molecule has 0 aromatic carbocycles. The first-order valence-corrected chi connectivity index (χ1v) is 17.5. The Balaban J connectivity index is 1.42. The van der Waals surface area contributed by atoms with Crippen LogP contribution in [-0.2, 0) is 4.74 Å². The molecular formula is C27H35N7OSSi. The number of pyridine rings is 3. The van der Waals surface area contributed by atoms with Crippen molar-refractivity contribution in [1.82, 2.24) is 25.1 Å². The highest BCUT2D eigenvalue weighted by molar-refractivity contribution is 7.15. The molecule has 0 aliphatic heterocycles. The van der Waals surface area contributed by atoms with Gasteiger partial charge in [-0.25, -0.2) is 4.98 Å². The molecule has 4 aromatic heterocycles. The predicted octanol–water partition coefficient (Wildman–Crippen LogP) is 7.04. The molecule has 4 heterocycles. The molecule has 5 rings (SSSR count). The van der Waals surface area contributed by atoms with Crippen LogP contribution < -0.4 is 10.2 Å². The van der Waals surface area contributed by atoms with Gasteiger partial charge in [0.1, 0.15) is 17.6 Å². The minimum atomic E-state index is -1.18. The second-order valence-electron chi connectivity index (χ2n) is 10.9. The number of nitrogens with one attached hydrogen (secondary N) is 1. The van der Waals surface area contributed by atoms with Gasteiger partial charge in [0.2, 0.25) is 5.13 Å². The normalized spacial score (nSPS) is 14.4. The number of fused-ring (bicyclic) bond motifs is 1. The van der Waals surface area contributed by atoms with Gasteiger partial charge in [-0.15, -0.1) is 10.2 Å². The largest absolute Gasteiger partial charge is 0.361 e. The quantitative estimate of drug-likeness (QED) is 0.132. The van der Waals surface area contributed by atoms with E-state index in [1.165, 1.54) is 25.7 Å². The maximum Gasteiger partial charge on any atom is 0.215 e. The zero-order valence-electron chi connectivity index (χ0n) is 22.1. The van der Waals surface area contributed by atoms with Crippen molar-refractivity contribution in [3.05, 3.63) is 53.4 Å². The number of hydrogen-bond donors (Lipinski definition) is 1. The van der Waals surface area contributed by atoms with E-state index in [1.54, 1.807) is 17.5 Å². The van der Waals surface area contributed by atoms with Gasteiger partial charge in [-0.3, -0.25) is 14.9 Å². The molecule has 1 aliphatic carbocycles. The van der Waals surface area contributed by atoms with Crippen molar-refractivity contribution in [3.8, 4) is 0 Å². The lowest BCUT2D eigenvalue weighted by Crippen LogP contribution is -2.26. The minimum Gasteiger partial charge on any atom is -0.361 e. The lowest BCUT2D eigenvalue weighted by molar-refractivity contribution is 0.153. The Hall–Kier alpha value is -2.95. The molecule has 0 saturated heterocycles. The fourth-order valence-electron chi connectivity index (χ4n) is 4.39. The fraction of sp³-hybridized carbons (Fsp3) is 0.444. The Labute approximate surface area is 223 Å². The van der Waals surface area contributed by atoms with Crippen molar-refractivity contribution in [2.24, 2.45) is 0 Å². The molecule has 10 heteroatoms. The maximum absolute atomic E-state index is 6.17. The second kappa shape index (κ2) is 11.2. The number of ether oxygens (including phenoxy) is 1. The van der Waals surface area contributed by atoms with Crippen LogP contribution in [0.3, 0.4) is 0 Å². The van der Waals surface area contributed by atoms with E-state index in [-0.39, 0.29) is 0 Å². The van der Waals surface area contributed by atoms with Crippen molar-refractivity contribution in [2.45, 2.75) is 64.2 Å². The first kappa shape index (κ1) is 25.7. The summed E-state index contributed by atoms with van der Waals surface area (Å²) in [6.07, 6.45) is 10.4. The average Bonchev–Trinajstić information content (AvgIpc) is 3.57. The first-order chi connectivity index (χ1) is 17.9. The fourth-order valence-corrected chi connectivity index (χ4v) is 6.16. The monoisotopic (exact) mass is 533 g/mol. The Kier molecular flexibility index (Phi) is 7.78. The number of aryl methyl sites for hydroxylation is 1. The van der Waals surface area contributed by atoms with Crippen molar-refractivity contribution in [3.63, 3.8) is 0 Å². The lowest BCUT2D eigenvalue weighted by atomic mass is 10.1. The molecule has 0 radical (unpaired) electrons. The van der Waals surface area contributed by atoms with Crippen LogP contribution in [0.25, 0.3) is 11.0 Å². The Bertz CT molecular complexity index is 1350. The lowest BCUT2D eigenvalue weighted by Gasteiger charge is -2.22. The Morgan fingerprint density at radius 2 is 1.92 bits per heavy atom. The van der Waals surface area contributed by atoms with E-state index in [1.807, 2.05) is 41.6 Å². The van der Waals surface area contributed by atoms with Crippen molar-refractivity contribution >= 4 is 52.8 Å². The van der Waals surface area contributed by atoms with Crippen molar-refractivity contribution in [1.29, 1.82) is 0 Å². The summed E-state index contributed by atoms with van der Waals surface area (Å²) in [5.41, 5.74) is 4.57. The van der Waals surface area contributed by atoms with Crippen LogP contribution in [0.5, 0.6) is 0 Å². The summed E-state index contributed by atoms with van der Waals surface area (Å²) in [5, 5.41) is 14.5. The molecule has 0 unspecified atom stereocenters. The van der Waals surface area contributed by atoms with Crippen LogP contribution in [0.2, 0.25) is 25.7 Å². The molecule has 1 N–H and O–H groups in total. The van der Waals surface area contributed by atoms with Crippen molar-refractivity contribution < 1.29 is 4.74 Å². The number of rotatable bonds is 10. The van der Waals surface area contributed by atoms with E-state index in [4.69, 9.17) is 9.72 Å². The number of anilines is 4. The van der Waals surface area contributed by atoms with Gasteiger partial charge in [-0.1, -0.05) is 43.8 Å². The molecule has 4 aromatic rings. The number of aromatic nitrogens is 5. The molecular weight excluding hydrogens is 498 g/mol. The smallest absolute Gasteiger partial charge is 0.215 e. The van der Waals surface area contributed by atoms with Crippen LogP contribution in [0.1, 0.15) is 42.2 Å². The summed E-state index contributed by atoms with van der Waals surface area (Å²) in [7, 11) is -1.18. The first-order valence-electron chi connectivity index (χ1n) is 13.0. The molecule has 8 nitrogen and oxygen atoms in total. The van der Waals surface area contributed by atoms with Gasteiger partial charge in [0.05, 0.1) is 34.8 Å². The summed E-state index contributed by atoms with van der Waals surface area (Å²) in [4.78, 5) is 15.9. The highest BCUT2D eigenvalue weighted by Gasteiger charge is 2.24. The highest BCUT2D eigenvalue weighted by Crippen LogP contribution is 2.38. The maximum atomic E-state index is 6.17. The summed E-state index contributed by atoms with van der Waals surface area (Å²) in [6.45, 7) is 10.3. The van der Waals surface area contributed by atoms with Gasteiger partial charge >= 0.3 is 0 Å². The van der Waals surface area contributed by atoms with Crippen molar-refractivity contribution in [2.75, 3.05) is 23.6 Å². The average molecular weight is 534 g/mol. The molecule has 1 saturated carbocycles. The zero-order valence-corrected chi connectivity index (χ0v) is 23.9. The molecule has 0 bridgehead atoms. The molecule has 0 amide bonds. The van der Waals surface area contributed by atoms with E-state index >= 15 is 0 Å². The third-order valence-corrected chi connectivity index (χ3v) is 9.51. The number of hydrogen-bond acceptors (Lipinski definition) is 9. The van der Waals surface area contributed by atoms with E-state index < -0.39 is 8.07 Å². The summed E-state index contributed by atoms with van der Waals surface area (Å²) < 4.78 is 6.17. The standard InChI is InChI=1S/C27H35N7OSSi/c1-19-11-12-28-17-24(19)30-21-15-23-22(29-16-21)9-10-25(31-23)34(18-35-13-14-37(2,3)4)27-33-32-26(36-27)20-7-5-6-8-20/h9-12,15-17,20,30H,5-8,13-14,18H2,1-4H3. The summed E-state index contributed by atoms with van der Waals surface area (Å²) >= 11 is 1.67. The Morgan fingerprint density at radius 1 is 1.08 bits per heavy atom. The summed E-state index contributed by atoms with van der Waals surface area (Å²) in [6, 6.07) is 9.11. The zero-order chi connectivity index (χ0) is 25.8. The van der Waals surface area contributed by atoms with Gasteiger partial charge in [0, 0.05) is 26.8 Å².